The number of benzene rings is 1. The molecule has 3 N–H and O–H groups in total. The van der Waals surface area contributed by atoms with Gasteiger partial charge >= 0.3 is 0 Å². The number of amides is 1. The largest absolute Gasteiger partial charge is 0.451 e. The summed E-state index contributed by atoms with van der Waals surface area (Å²) in [7, 11) is 0. The molecule has 4 heteroatoms. The maximum Gasteiger partial charge on any atom is 0.287 e. The summed E-state index contributed by atoms with van der Waals surface area (Å²) in [4.78, 5) is 12.2. The minimum atomic E-state index is -0.480. The normalized spacial score (nSPS) is 13.5. The Bertz CT molecular complexity index is 612. The second kappa shape index (κ2) is 4.70. The fraction of sp³-hybridized carbons (Fsp3) is 0.400. The fourth-order valence-corrected chi connectivity index (χ4v) is 1.74. The van der Waals surface area contributed by atoms with Crippen LogP contribution >= 0.6 is 0 Å². The Morgan fingerprint density at radius 1 is 1.37 bits per heavy atom. The lowest BCUT2D eigenvalue weighted by Crippen LogP contribution is -2.54. The Hall–Kier alpha value is -1.81. The number of fused-ring (bicyclic) bond motifs is 1. The highest BCUT2D eigenvalue weighted by molar-refractivity contribution is 5.96. The number of nitrogens with two attached hydrogens (primary N) is 1. The molecule has 102 valence electrons. The molecule has 1 aromatic heterocycles. The van der Waals surface area contributed by atoms with Crippen LogP contribution in [0.4, 0.5) is 0 Å². The van der Waals surface area contributed by atoms with Crippen LogP contribution in [0.1, 0.15) is 36.9 Å². The smallest absolute Gasteiger partial charge is 0.287 e. The number of carbonyl (C=O) groups is 1. The first-order valence-corrected chi connectivity index (χ1v) is 6.38. The van der Waals surface area contributed by atoms with Crippen LogP contribution in [0.15, 0.2) is 28.7 Å². The Labute approximate surface area is 113 Å². The zero-order valence-corrected chi connectivity index (χ0v) is 11.8. The molecule has 4 nitrogen and oxygen atoms in total. The highest BCUT2D eigenvalue weighted by Gasteiger charge is 2.26. The molecule has 1 atom stereocenters. The van der Waals surface area contributed by atoms with Gasteiger partial charge in [-0.3, -0.25) is 4.79 Å². The lowest BCUT2D eigenvalue weighted by molar-refractivity contribution is 0.0877. The molecule has 0 bridgehead atoms. The SMILES string of the molecule is Cc1ccc2oc(C(=O)NC(C)(C)C(C)N)cc2c1. The molecule has 0 aliphatic rings. The van der Waals surface area contributed by atoms with Gasteiger partial charge in [0.15, 0.2) is 5.76 Å². The molecule has 2 aromatic rings. The van der Waals surface area contributed by atoms with Crippen molar-refractivity contribution in [3.63, 3.8) is 0 Å². The van der Waals surface area contributed by atoms with Crippen molar-refractivity contribution in [3.8, 4) is 0 Å². The molecule has 1 heterocycles. The van der Waals surface area contributed by atoms with Crippen LogP contribution in [0.25, 0.3) is 11.0 Å². The van der Waals surface area contributed by atoms with E-state index in [9.17, 15) is 4.79 Å². The summed E-state index contributed by atoms with van der Waals surface area (Å²) in [6, 6.07) is 7.43. The molecular formula is C15H20N2O2. The lowest BCUT2D eigenvalue weighted by Gasteiger charge is -2.29. The van der Waals surface area contributed by atoms with Crippen molar-refractivity contribution < 1.29 is 9.21 Å². The summed E-state index contributed by atoms with van der Waals surface area (Å²) in [5.41, 5.74) is 7.22. The van der Waals surface area contributed by atoms with E-state index in [2.05, 4.69) is 5.32 Å². The van der Waals surface area contributed by atoms with E-state index in [1.54, 1.807) is 6.07 Å². The molecular weight excluding hydrogens is 240 g/mol. The second-order valence-electron chi connectivity index (χ2n) is 5.62. The summed E-state index contributed by atoms with van der Waals surface area (Å²) in [6.45, 7) is 7.65. The molecule has 0 radical (unpaired) electrons. The van der Waals surface area contributed by atoms with Crippen LogP contribution in [0.5, 0.6) is 0 Å². The van der Waals surface area contributed by atoms with Crippen molar-refractivity contribution in [3.05, 3.63) is 35.6 Å². The third-order valence-electron chi connectivity index (χ3n) is 3.47. The second-order valence-corrected chi connectivity index (χ2v) is 5.62. The van der Waals surface area contributed by atoms with Gasteiger partial charge in [-0.25, -0.2) is 0 Å². The summed E-state index contributed by atoms with van der Waals surface area (Å²) in [6.07, 6.45) is 0. The minimum absolute atomic E-state index is 0.150. The van der Waals surface area contributed by atoms with Gasteiger partial charge in [-0.05, 0) is 45.9 Å². The molecule has 19 heavy (non-hydrogen) atoms. The number of furan rings is 1. The average molecular weight is 260 g/mol. The topological polar surface area (TPSA) is 68.3 Å². The van der Waals surface area contributed by atoms with Gasteiger partial charge in [0, 0.05) is 17.0 Å². The van der Waals surface area contributed by atoms with Crippen molar-refractivity contribution in [2.45, 2.75) is 39.3 Å². The lowest BCUT2D eigenvalue weighted by atomic mass is 9.97. The Morgan fingerprint density at radius 3 is 2.68 bits per heavy atom. The maximum absolute atomic E-state index is 12.2. The fourth-order valence-electron chi connectivity index (χ4n) is 1.74. The first-order chi connectivity index (χ1) is 8.79. The zero-order chi connectivity index (χ0) is 14.2. The summed E-state index contributed by atoms with van der Waals surface area (Å²) >= 11 is 0. The van der Waals surface area contributed by atoms with Gasteiger partial charge in [0.2, 0.25) is 0 Å². The van der Waals surface area contributed by atoms with Crippen molar-refractivity contribution >= 4 is 16.9 Å². The standard InChI is InChI=1S/C15H20N2O2/c1-9-5-6-12-11(7-9)8-13(19-12)14(18)17-15(3,4)10(2)16/h5-8,10H,16H2,1-4H3,(H,17,18). The van der Waals surface area contributed by atoms with Gasteiger partial charge in [-0.1, -0.05) is 11.6 Å². The first-order valence-electron chi connectivity index (χ1n) is 6.38. The number of carbonyl (C=O) groups excluding carboxylic acids is 1. The first kappa shape index (κ1) is 13.6. The average Bonchev–Trinajstić information content (AvgIpc) is 2.71. The van der Waals surface area contributed by atoms with Crippen LogP contribution < -0.4 is 11.1 Å². The molecule has 0 saturated carbocycles. The van der Waals surface area contributed by atoms with E-state index < -0.39 is 5.54 Å². The highest BCUT2D eigenvalue weighted by Crippen LogP contribution is 2.21. The van der Waals surface area contributed by atoms with E-state index in [4.69, 9.17) is 10.2 Å². The van der Waals surface area contributed by atoms with Gasteiger partial charge in [-0.15, -0.1) is 0 Å². The predicted octanol–water partition coefficient (Wildman–Crippen LogP) is 2.60. The van der Waals surface area contributed by atoms with Crippen LogP contribution in [0.2, 0.25) is 0 Å². The van der Waals surface area contributed by atoms with Crippen molar-refractivity contribution in [2.75, 3.05) is 0 Å². The third-order valence-corrected chi connectivity index (χ3v) is 3.47. The van der Waals surface area contributed by atoms with Crippen molar-refractivity contribution in [2.24, 2.45) is 5.73 Å². The number of hydrogen-bond acceptors (Lipinski definition) is 3. The molecule has 1 unspecified atom stereocenters. The van der Waals surface area contributed by atoms with Gasteiger partial charge in [0.1, 0.15) is 5.58 Å². The monoisotopic (exact) mass is 260 g/mol. The Morgan fingerprint density at radius 2 is 2.05 bits per heavy atom. The van der Waals surface area contributed by atoms with Crippen LogP contribution in [-0.2, 0) is 0 Å². The van der Waals surface area contributed by atoms with Crippen LogP contribution in [-0.4, -0.2) is 17.5 Å². The van der Waals surface area contributed by atoms with Gasteiger partial charge in [0.05, 0.1) is 0 Å². The minimum Gasteiger partial charge on any atom is -0.451 e. The van der Waals surface area contributed by atoms with E-state index in [1.165, 1.54) is 0 Å². The van der Waals surface area contributed by atoms with E-state index in [0.29, 0.717) is 11.3 Å². The number of hydrogen-bond donors (Lipinski definition) is 2. The van der Waals surface area contributed by atoms with Crippen LogP contribution in [0.3, 0.4) is 0 Å². The number of nitrogens with one attached hydrogen (secondary N) is 1. The van der Waals surface area contributed by atoms with Gasteiger partial charge < -0.3 is 15.5 Å². The zero-order valence-electron chi connectivity index (χ0n) is 11.8. The number of rotatable bonds is 3. The molecule has 0 fully saturated rings. The van der Waals surface area contributed by atoms with E-state index in [1.807, 2.05) is 45.9 Å². The Balaban J connectivity index is 2.27. The summed E-state index contributed by atoms with van der Waals surface area (Å²) in [5.74, 6) is 0.0745. The molecule has 1 amide bonds. The maximum atomic E-state index is 12.2. The molecule has 0 saturated heterocycles. The molecule has 0 spiro atoms. The van der Waals surface area contributed by atoms with Crippen molar-refractivity contribution in [1.82, 2.24) is 5.32 Å². The summed E-state index contributed by atoms with van der Waals surface area (Å²) < 4.78 is 5.56. The summed E-state index contributed by atoms with van der Waals surface area (Å²) in [5, 5.41) is 3.82. The quantitative estimate of drug-likeness (QED) is 0.891. The molecule has 0 aliphatic carbocycles. The van der Waals surface area contributed by atoms with E-state index >= 15 is 0 Å². The van der Waals surface area contributed by atoms with Gasteiger partial charge in [0.25, 0.3) is 5.91 Å². The molecule has 1 aromatic carbocycles. The third kappa shape index (κ3) is 2.79. The Kier molecular flexibility index (Phi) is 3.37. The van der Waals surface area contributed by atoms with E-state index in [0.717, 1.165) is 10.9 Å². The highest BCUT2D eigenvalue weighted by atomic mass is 16.3. The van der Waals surface area contributed by atoms with Crippen molar-refractivity contribution in [1.29, 1.82) is 0 Å². The molecule has 0 aliphatic heterocycles. The predicted molar refractivity (Wildman–Crippen MR) is 76.1 cm³/mol. The van der Waals surface area contributed by atoms with Gasteiger partial charge in [-0.2, -0.15) is 0 Å². The number of aryl methyl sites for hydroxylation is 1. The van der Waals surface area contributed by atoms with Crippen LogP contribution in [0, 0.1) is 6.92 Å². The van der Waals surface area contributed by atoms with E-state index in [-0.39, 0.29) is 11.9 Å². The molecule has 2 rings (SSSR count).